The zero-order chi connectivity index (χ0) is 14.4. The van der Waals surface area contributed by atoms with Crippen molar-refractivity contribution in [3.63, 3.8) is 0 Å². The first-order valence-electron chi connectivity index (χ1n) is 5.98. The molecule has 0 amide bonds. The number of ketones is 2. The highest BCUT2D eigenvalue weighted by molar-refractivity contribution is 6.40. The van der Waals surface area contributed by atoms with Gasteiger partial charge < -0.3 is 10.4 Å². The molecule has 0 aliphatic heterocycles. The van der Waals surface area contributed by atoms with Gasteiger partial charge in [-0.05, 0) is 18.2 Å². The average molecular weight is 288 g/mol. The van der Waals surface area contributed by atoms with E-state index in [0.29, 0.717) is 5.69 Å². The number of phenols is 1. The van der Waals surface area contributed by atoms with Gasteiger partial charge in [-0.2, -0.15) is 0 Å². The summed E-state index contributed by atoms with van der Waals surface area (Å²) in [7, 11) is 1.65. The summed E-state index contributed by atoms with van der Waals surface area (Å²) in [5.74, 6) is -0.977. The van der Waals surface area contributed by atoms with Crippen molar-refractivity contribution >= 4 is 28.9 Å². The van der Waals surface area contributed by atoms with E-state index in [0.717, 1.165) is 0 Å². The minimum absolute atomic E-state index is 0.00227. The van der Waals surface area contributed by atoms with Gasteiger partial charge in [0.15, 0.2) is 11.6 Å². The smallest absolute Gasteiger partial charge is 0.199 e. The van der Waals surface area contributed by atoms with Gasteiger partial charge in [0.05, 0.1) is 21.7 Å². The third kappa shape index (κ3) is 1.55. The van der Waals surface area contributed by atoms with Crippen LogP contribution in [0.25, 0.3) is 0 Å². The number of fused-ring (bicyclic) bond motifs is 2. The molecule has 0 aromatic heterocycles. The number of benzene rings is 2. The minimum Gasteiger partial charge on any atom is -0.507 e. The molecule has 0 saturated heterocycles. The minimum atomic E-state index is -0.435. The van der Waals surface area contributed by atoms with Crippen molar-refractivity contribution in [2.75, 3.05) is 12.4 Å². The largest absolute Gasteiger partial charge is 0.507 e. The number of rotatable bonds is 1. The molecule has 1 aliphatic rings. The van der Waals surface area contributed by atoms with Crippen molar-refractivity contribution < 1.29 is 14.7 Å². The fourth-order valence-electron chi connectivity index (χ4n) is 2.47. The first-order valence-corrected chi connectivity index (χ1v) is 6.35. The van der Waals surface area contributed by atoms with Crippen molar-refractivity contribution in [1.29, 1.82) is 0 Å². The average Bonchev–Trinajstić information content (AvgIpc) is 2.44. The molecule has 100 valence electrons. The maximum Gasteiger partial charge on any atom is 0.199 e. The van der Waals surface area contributed by atoms with Crippen molar-refractivity contribution in [3.05, 3.63) is 57.6 Å². The fraction of sp³-hybridized carbons (Fsp3) is 0.0667. The standard InChI is InChI=1S/C15H10ClNO3/c1-17-9-5-6-10(18)13-12(9)14(19)7-3-2-4-8(16)11(7)15(13)20/h2-6,17-18H,1H3. The van der Waals surface area contributed by atoms with E-state index in [1.54, 1.807) is 31.3 Å². The van der Waals surface area contributed by atoms with E-state index in [-0.39, 0.29) is 38.8 Å². The van der Waals surface area contributed by atoms with Crippen LogP contribution < -0.4 is 5.32 Å². The van der Waals surface area contributed by atoms with E-state index < -0.39 is 5.78 Å². The predicted octanol–water partition coefficient (Wildman–Crippen LogP) is 2.86. The molecule has 4 nitrogen and oxygen atoms in total. The Bertz CT molecular complexity index is 768. The van der Waals surface area contributed by atoms with E-state index in [4.69, 9.17) is 11.6 Å². The van der Waals surface area contributed by atoms with Gasteiger partial charge in [0.2, 0.25) is 0 Å². The van der Waals surface area contributed by atoms with E-state index in [2.05, 4.69) is 5.32 Å². The Hall–Kier alpha value is -2.33. The monoisotopic (exact) mass is 287 g/mol. The Kier molecular flexibility index (Phi) is 2.76. The molecule has 0 spiro atoms. The molecule has 0 atom stereocenters. The van der Waals surface area contributed by atoms with Gasteiger partial charge in [0.1, 0.15) is 5.75 Å². The summed E-state index contributed by atoms with van der Waals surface area (Å²) in [6.07, 6.45) is 0. The summed E-state index contributed by atoms with van der Waals surface area (Å²) in [6, 6.07) is 7.69. The molecule has 0 unspecified atom stereocenters. The maximum atomic E-state index is 12.6. The number of carbonyl (C=O) groups is 2. The highest BCUT2D eigenvalue weighted by atomic mass is 35.5. The van der Waals surface area contributed by atoms with Crippen LogP contribution in [0.3, 0.4) is 0 Å². The molecule has 0 bridgehead atoms. The summed E-state index contributed by atoms with van der Waals surface area (Å²) in [6.45, 7) is 0. The maximum absolute atomic E-state index is 12.6. The van der Waals surface area contributed by atoms with E-state index in [9.17, 15) is 14.7 Å². The fourth-order valence-corrected chi connectivity index (χ4v) is 2.73. The zero-order valence-corrected chi connectivity index (χ0v) is 11.3. The number of hydrogen-bond donors (Lipinski definition) is 2. The lowest BCUT2D eigenvalue weighted by Gasteiger charge is -2.21. The second-order valence-electron chi connectivity index (χ2n) is 4.45. The lowest BCUT2D eigenvalue weighted by atomic mass is 9.82. The number of phenolic OH excluding ortho intramolecular Hbond substituents is 1. The molecule has 0 fully saturated rings. The molecule has 0 heterocycles. The molecular formula is C15H10ClNO3. The topological polar surface area (TPSA) is 66.4 Å². The first kappa shape index (κ1) is 12.7. The van der Waals surface area contributed by atoms with Crippen LogP contribution in [0.2, 0.25) is 5.02 Å². The molecular weight excluding hydrogens is 278 g/mol. The molecule has 1 aliphatic carbocycles. The summed E-state index contributed by atoms with van der Waals surface area (Å²) in [5.41, 5.74) is 1.10. The van der Waals surface area contributed by atoms with Gasteiger partial charge in [0, 0.05) is 18.3 Å². The van der Waals surface area contributed by atoms with Crippen LogP contribution in [0, 0.1) is 0 Å². The van der Waals surface area contributed by atoms with Crippen LogP contribution in [-0.4, -0.2) is 23.7 Å². The molecule has 0 saturated carbocycles. The van der Waals surface area contributed by atoms with Crippen LogP contribution in [0.4, 0.5) is 5.69 Å². The van der Waals surface area contributed by atoms with E-state index >= 15 is 0 Å². The molecule has 2 aromatic carbocycles. The van der Waals surface area contributed by atoms with Crippen LogP contribution in [0.15, 0.2) is 30.3 Å². The van der Waals surface area contributed by atoms with Gasteiger partial charge in [-0.25, -0.2) is 0 Å². The van der Waals surface area contributed by atoms with Crippen LogP contribution in [-0.2, 0) is 0 Å². The van der Waals surface area contributed by atoms with Crippen LogP contribution in [0.1, 0.15) is 31.8 Å². The highest BCUT2D eigenvalue weighted by Crippen LogP contribution is 2.38. The predicted molar refractivity (Wildman–Crippen MR) is 76.0 cm³/mol. The summed E-state index contributed by atoms with van der Waals surface area (Å²) in [4.78, 5) is 25.1. The Morgan fingerprint density at radius 1 is 1.00 bits per heavy atom. The zero-order valence-electron chi connectivity index (χ0n) is 10.5. The lowest BCUT2D eigenvalue weighted by Crippen LogP contribution is -2.22. The van der Waals surface area contributed by atoms with Gasteiger partial charge in [0.25, 0.3) is 0 Å². The summed E-state index contributed by atoms with van der Waals surface area (Å²) >= 11 is 6.02. The molecule has 0 radical (unpaired) electrons. The van der Waals surface area contributed by atoms with E-state index in [1.165, 1.54) is 6.07 Å². The molecule has 20 heavy (non-hydrogen) atoms. The number of carbonyl (C=O) groups excluding carboxylic acids is 2. The quantitative estimate of drug-likeness (QED) is 0.676. The Morgan fingerprint density at radius 3 is 2.45 bits per heavy atom. The molecule has 2 N–H and O–H groups in total. The molecule has 2 aromatic rings. The lowest BCUT2D eigenvalue weighted by molar-refractivity contribution is 0.0977. The van der Waals surface area contributed by atoms with Gasteiger partial charge in [-0.1, -0.05) is 23.7 Å². The van der Waals surface area contributed by atoms with Gasteiger partial charge in [-0.15, -0.1) is 0 Å². The third-order valence-electron chi connectivity index (χ3n) is 3.39. The SMILES string of the molecule is CNc1ccc(O)c2c1C(=O)c1cccc(Cl)c1C2=O. The van der Waals surface area contributed by atoms with Crippen molar-refractivity contribution in [2.24, 2.45) is 0 Å². The van der Waals surface area contributed by atoms with Crippen molar-refractivity contribution in [1.82, 2.24) is 0 Å². The number of nitrogens with one attached hydrogen (secondary N) is 1. The Morgan fingerprint density at radius 2 is 1.75 bits per heavy atom. The number of anilines is 1. The molecule has 5 heteroatoms. The number of hydrogen-bond acceptors (Lipinski definition) is 4. The van der Waals surface area contributed by atoms with E-state index in [1.807, 2.05) is 0 Å². The summed E-state index contributed by atoms with van der Waals surface area (Å²) < 4.78 is 0. The second-order valence-corrected chi connectivity index (χ2v) is 4.86. The highest BCUT2D eigenvalue weighted by Gasteiger charge is 2.35. The molecule has 3 rings (SSSR count). The first-order chi connectivity index (χ1) is 9.56. The third-order valence-corrected chi connectivity index (χ3v) is 3.71. The number of halogens is 1. The van der Waals surface area contributed by atoms with Crippen LogP contribution in [0.5, 0.6) is 5.75 Å². The van der Waals surface area contributed by atoms with Gasteiger partial charge in [-0.3, -0.25) is 9.59 Å². The normalized spacial score (nSPS) is 12.9. The Labute approximate surface area is 120 Å². The Balaban J connectivity index is 2.41. The van der Waals surface area contributed by atoms with Crippen molar-refractivity contribution in [2.45, 2.75) is 0 Å². The van der Waals surface area contributed by atoms with Crippen molar-refractivity contribution in [3.8, 4) is 5.75 Å². The number of aromatic hydroxyl groups is 1. The van der Waals surface area contributed by atoms with Gasteiger partial charge >= 0.3 is 0 Å². The summed E-state index contributed by atoms with van der Waals surface area (Å²) in [5, 5.41) is 13.0. The second kappa shape index (κ2) is 4.35. The van der Waals surface area contributed by atoms with Crippen LogP contribution >= 0.6 is 11.6 Å².